The van der Waals surface area contributed by atoms with Gasteiger partial charge in [0.15, 0.2) is 0 Å². The molecule has 1 N–H and O–H groups in total. The lowest BCUT2D eigenvalue weighted by atomic mass is 10.1. The number of hydrogen-bond donors (Lipinski definition) is 1. The topological polar surface area (TPSA) is 24.5 Å². The normalized spacial score (nSPS) is 17.9. The molecule has 0 saturated carbocycles. The van der Waals surface area contributed by atoms with Crippen molar-refractivity contribution in [3.63, 3.8) is 0 Å². The average Bonchev–Trinajstić information content (AvgIpc) is 2.47. The van der Waals surface area contributed by atoms with Crippen molar-refractivity contribution in [2.24, 2.45) is 0 Å². The van der Waals surface area contributed by atoms with Crippen molar-refractivity contribution in [3.05, 3.63) is 29.6 Å². The number of nitrogens with zero attached hydrogens (tertiary/aromatic N) is 1. The number of ether oxygens (including phenoxy) is 1. The molecular weight excluding hydrogens is 275 g/mol. The summed E-state index contributed by atoms with van der Waals surface area (Å²) in [6, 6.07) is 4.91. The first-order valence-corrected chi connectivity index (χ1v) is 8.23. The molecule has 1 saturated heterocycles. The molecule has 0 aliphatic carbocycles. The van der Waals surface area contributed by atoms with E-state index in [9.17, 15) is 4.39 Å². The molecule has 20 heavy (non-hydrogen) atoms. The van der Waals surface area contributed by atoms with Crippen LogP contribution in [-0.2, 0) is 0 Å². The van der Waals surface area contributed by atoms with Gasteiger partial charge in [0.1, 0.15) is 11.6 Å². The van der Waals surface area contributed by atoms with E-state index in [1.165, 1.54) is 17.6 Å². The fourth-order valence-electron chi connectivity index (χ4n) is 2.48. The molecule has 1 atom stereocenters. The smallest absolute Gasteiger partial charge is 0.131 e. The van der Waals surface area contributed by atoms with Crippen LogP contribution in [0.15, 0.2) is 18.2 Å². The molecule has 0 bridgehead atoms. The van der Waals surface area contributed by atoms with E-state index in [4.69, 9.17) is 4.74 Å². The first-order chi connectivity index (χ1) is 9.72. The van der Waals surface area contributed by atoms with Crippen LogP contribution in [0.5, 0.6) is 5.75 Å². The molecule has 1 unspecified atom stereocenters. The number of halogens is 1. The molecule has 1 aliphatic heterocycles. The van der Waals surface area contributed by atoms with Gasteiger partial charge in [-0.05, 0) is 19.1 Å². The molecule has 5 heteroatoms. The molecule has 1 heterocycles. The fourth-order valence-corrected chi connectivity index (χ4v) is 3.46. The van der Waals surface area contributed by atoms with Gasteiger partial charge in [-0.3, -0.25) is 0 Å². The lowest BCUT2D eigenvalue weighted by Gasteiger charge is -2.27. The van der Waals surface area contributed by atoms with E-state index < -0.39 is 0 Å². The van der Waals surface area contributed by atoms with Crippen LogP contribution in [-0.4, -0.2) is 49.7 Å². The molecule has 1 aliphatic rings. The zero-order valence-electron chi connectivity index (χ0n) is 12.2. The second-order valence-electron chi connectivity index (χ2n) is 4.99. The Labute approximate surface area is 124 Å². The zero-order valence-corrected chi connectivity index (χ0v) is 13.0. The molecule has 3 nitrogen and oxygen atoms in total. The maximum Gasteiger partial charge on any atom is 0.131 e. The van der Waals surface area contributed by atoms with Gasteiger partial charge in [-0.2, -0.15) is 11.8 Å². The summed E-state index contributed by atoms with van der Waals surface area (Å²) >= 11 is 2.01. The average molecular weight is 298 g/mol. The van der Waals surface area contributed by atoms with E-state index in [2.05, 4.69) is 10.2 Å². The largest absolute Gasteiger partial charge is 0.496 e. The second kappa shape index (κ2) is 7.86. The van der Waals surface area contributed by atoms with Crippen molar-refractivity contribution in [1.82, 2.24) is 10.2 Å². The molecule has 0 spiro atoms. The highest BCUT2D eigenvalue weighted by Crippen LogP contribution is 2.27. The summed E-state index contributed by atoms with van der Waals surface area (Å²) in [5, 5.41) is 3.39. The number of benzene rings is 1. The number of hydrogen-bond acceptors (Lipinski definition) is 4. The maximum atomic E-state index is 13.9. The molecule has 0 amide bonds. The first kappa shape index (κ1) is 15.6. The van der Waals surface area contributed by atoms with Gasteiger partial charge in [0.25, 0.3) is 0 Å². The Balaban J connectivity index is 1.86. The van der Waals surface area contributed by atoms with Crippen LogP contribution in [0.4, 0.5) is 4.39 Å². The van der Waals surface area contributed by atoms with Gasteiger partial charge >= 0.3 is 0 Å². The second-order valence-corrected chi connectivity index (χ2v) is 6.21. The number of methoxy groups -OCH3 is 1. The van der Waals surface area contributed by atoms with Gasteiger partial charge in [-0.1, -0.05) is 6.07 Å². The van der Waals surface area contributed by atoms with Crippen LogP contribution in [0, 0.1) is 5.82 Å². The molecule has 1 fully saturated rings. The van der Waals surface area contributed by atoms with Crippen molar-refractivity contribution in [2.75, 3.05) is 44.8 Å². The third kappa shape index (κ3) is 4.11. The van der Waals surface area contributed by atoms with Gasteiger partial charge in [0.05, 0.1) is 7.11 Å². The van der Waals surface area contributed by atoms with Crippen molar-refractivity contribution in [1.29, 1.82) is 0 Å². The highest BCUT2D eigenvalue weighted by molar-refractivity contribution is 7.99. The number of thioether (sulfide) groups is 1. The summed E-state index contributed by atoms with van der Waals surface area (Å²) in [7, 11) is 1.58. The van der Waals surface area contributed by atoms with Crippen molar-refractivity contribution in [2.45, 2.75) is 13.0 Å². The molecule has 0 aromatic heterocycles. The van der Waals surface area contributed by atoms with E-state index in [-0.39, 0.29) is 11.9 Å². The zero-order chi connectivity index (χ0) is 14.4. The molecule has 2 rings (SSSR count). The van der Waals surface area contributed by atoms with E-state index in [1.54, 1.807) is 19.2 Å². The molecule has 112 valence electrons. The Morgan fingerprint density at radius 1 is 1.40 bits per heavy atom. The first-order valence-electron chi connectivity index (χ1n) is 7.08. The van der Waals surface area contributed by atoms with Crippen LogP contribution in [0.3, 0.4) is 0 Å². The Bertz CT molecular complexity index is 424. The minimum Gasteiger partial charge on any atom is -0.496 e. The summed E-state index contributed by atoms with van der Waals surface area (Å²) in [5.74, 6) is 2.84. The fraction of sp³-hybridized carbons (Fsp3) is 0.600. The number of nitrogens with one attached hydrogen (secondary N) is 1. The Morgan fingerprint density at radius 3 is 2.85 bits per heavy atom. The summed E-state index contributed by atoms with van der Waals surface area (Å²) in [5.41, 5.74) is 0.615. The standard InChI is InChI=1S/C15H23FN2OS/c1-12(15-13(16)4-3-5-14(15)19-2)17-6-7-18-8-10-20-11-9-18/h3-5,12,17H,6-11H2,1-2H3. The van der Waals surface area contributed by atoms with Gasteiger partial charge in [0, 0.05) is 49.3 Å². The third-order valence-electron chi connectivity index (χ3n) is 3.65. The van der Waals surface area contributed by atoms with Gasteiger partial charge in [-0.15, -0.1) is 0 Å². The number of rotatable bonds is 6. The Morgan fingerprint density at radius 2 is 2.15 bits per heavy atom. The minimum atomic E-state index is -0.210. The van der Waals surface area contributed by atoms with Crippen LogP contribution < -0.4 is 10.1 Å². The lowest BCUT2D eigenvalue weighted by molar-refractivity contribution is 0.295. The van der Waals surface area contributed by atoms with E-state index >= 15 is 0 Å². The van der Waals surface area contributed by atoms with E-state index in [1.807, 2.05) is 18.7 Å². The lowest BCUT2D eigenvalue weighted by Crippen LogP contribution is -2.38. The van der Waals surface area contributed by atoms with E-state index in [0.29, 0.717) is 11.3 Å². The minimum absolute atomic E-state index is 0.0506. The molecular formula is C15H23FN2OS. The van der Waals surface area contributed by atoms with Gasteiger partial charge in [-0.25, -0.2) is 4.39 Å². The van der Waals surface area contributed by atoms with Gasteiger partial charge in [0.2, 0.25) is 0 Å². The SMILES string of the molecule is COc1cccc(F)c1C(C)NCCN1CCSCC1. The van der Waals surface area contributed by atoms with Crippen molar-refractivity contribution < 1.29 is 9.13 Å². The maximum absolute atomic E-state index is 13.9. The summed E-state index contributed by atoms with van der Waals surface area (Å²) < 4.78 is 19.2. The van der Waals surface area contributed by atoms with Crippen molar-refractivity contribution in [3.8, 4) is 5.75 Å². The van der Waals surface area contributed by atoms with E-state index in [0.717, 1.165) is 26.2 Å². The predicted molar refractivity (Wildman–Crippen MR) is 83.1 cm³/mol. The Kier molecular flexibility index (Phi) is 6.13. The summed E-state index contributed by atoms with van der Waals surface area (Å²) in [6.07, 6.45) is 0. The Hall–Kier alpha value is -0.780. The molecule has 0 radical (unpaired) electrons. The highest BCUT2D eigenvalue weighted by Gasteiger charge is 2.16. The van der Waals surface area contributed by atoms with Gasteiger partial charge < -0.3 is 15.0 Å². The third-order valence-corrected chi connectivity index (χ3v) is 4.59. The van der Waals surface area contributed by atoms with Crippen LogP contribution in [0.25, 0.3) is 0 Å². The van der Waals surface area contributed by atoms with Crippen LogP contribution in [0.2, 0.25) is 0 Å². The molecule has 1 aromatic carbocycles. The summed E-state index contributed by atoms with van der Waals surface area (Å²) in [6.45, 7) is 6.17. The monoisotopic (exact) mass is 298 g/mol. The van der Waals surface area contributed by atoms with Crippen molar-refractivity contribution >= 4 is 11.8 Å². The quantitative estimate of drug-likeness (QED) is 0.872. The molecule has 1 aromatic rings. The summed E-state index contributed by atoms with van der Waals surface area (Å²) in [4.78, 5) is 2.45. The van der Waals surface area contributed by atoms with Crippen LogP contribution in [0.1, 0.15) is 18.5 Å². The predicted octanol–water partition coefficient (Wildman–Crippen LogP) is 2.53. The highest BCUT2D eigenvalue weighted by atomic mass is 32.2. The van der Waals surface area contributed by atoms with Crippen LogP contribution >= 0.6 is 11.8 Å².